The number of hydrazine groups is 1. The van der Waals surface area contributed by atoms with E-state index in [-0.39, 0.29) is 12.5 Å². The predicted molar refractivity (Wildman–Crippen MR) is 96.7 cm³/mol. The topological polar surface area (TPSA) is 98.5 Å². The summed E-state index contributed by atoms with van der Waals surface area (Å²) in [5, 5.41) is 3.65. The highest BCUT2D eigenvalue weighted by Gasteiger charge is 2.10. The molecule has 0 fully saturated rings. The summed E-state index contributed by atoms with van der Waals surface area (Å²) in [6.07, 6.45) is 0. The highest BCUT2D eigenvalue weighted by Crippen LogP contribution is 2.26. The van der Waals surface area contributed by atoms with Gasteiger partial charge in [0.15, 0.2) is 6.61 Å². The van der Waals surface area contributed by atoms with Crippen LogP contribution in [0.2, 0.25) is 0 Å². The van der Waals surface area contributed by atoms with Gasteiger partial charge in [-0.2, -0.15) is 0 Å². The molecule has 1 amide bonds. The second kappa shape index (κ2) is 7.50. The number of benzene rings is 2. The van der Waals surface area contributed by atoms with Crippen LogP contribution in [0.3, 0.4) is 0 Å². The molecule has 0 unspecified atom stereocenters. The molecule has 0 aliphatic rings. The summed E-state index contributed by atoms with van der Waals surface area (Å²) in [7, 11) is 1.55. The molecule has 0 atom stereocenters. The highest BCUT2D eigenvalue weighted by molar-refractivity contribution is 5.93. The third-order valence-corrected chi connectivity index (χ3v) is 3.57. The molecule has 25 heavy (non-hydrogen) atoms. The molecule has 7 heteroatoms. The number of carbonyl (C=O) groups is 1. The number of rotatable bonds is 6. The Kier molecular flexibility index (Phi) is 4.96. The van der Waals surface area contributed by atoms with Crippen molar-refractivity contribution in [2.45, 2.75) is 0 Å². The van der Waals surface area contributed by atoms with Crippen LogP contribution in [0.4, 0.5) is 11.5 Å². The first kappa shape index (κ1) is 16.5. The van der Waals surface area contributed by atoms with Crippen molar-refractivity contribution in [3.8, 4) is 11.5 Å². The molecule has 3 rings (SSSR count). The normalized spacial score (nSPS) is 10.3. The minimum absolute atomic E-state index is 0.154. The first-order valence-electron chi connectivity index (χ1n) is 7.63. The predicted octanol–water partition coefficient (Wildman–Crippen LogP) is 2.55. The van der Waals surface area contributed by atoms with E-state index < -0.39 is 0 Å². The number of nitrogens with two attached hydrogens (primary N) is 1. The van der Waals surface area contributed by atoms with Gasteiger partial charge in [0.2, 0.25) is 0 Å². The number of amides is 1. The lowest BCUT2D eigenvalue weighted by atomic mass is 10.2. The zero-order chi connectivity index (χ0) is 17.6. The largest absolute Gasteiger partial charge is 0.495 e. The zero-order valence-electron chi connectivity index (χ0n) is 13.7. The number of methoxy groups -OCH3 is 1. The smallest absolute Gasteiger partial charge is 0.262 e. The van der Waals surface area contributed by atoms with E-state index in [1.807, 2.05) is 30.3 Å². The van der Waals surface area contributed by atoms with E-state index in [4.69, 9.17) is 15.3 Å². The van der Waals surface area contributed by atoms with E-state index in [9.17, 15) is 4.79 Å². The molecule has 0 radical (unpaired) electrons. The third-order valence-electron chi connectivity index (χ3n) is 3.57. The molecule has 128 valence electrons. The van der Waals surface area contributed by atoms with Crippen LogP contribution in [0, 0.1) is 0 Å². The SMILES string of the molecule is COc1ccccc1NC(=O)COc1cccc2ccc(NN)nc12. The van der Waals surface area contributed by atoms with E-state index in [2.05, 4.69) is 15.7 Å². The lowest BCUT2D eigenvalue weighted by molar-refractivity contribution is -0.118. The van der Waals surface area contributed by atoms with Gasteiger partial charge in [-0.15, -0.1) is 0 Å². The van der Waals surface area contributed by atoms with Crippen LogP contribution in [0.5, 0.6) is 11.5 Å². The van der Waals surface area contributed by atoms with E-state index >= 15 is 0 Å². The van der Waals surface area contributed by atoms with E-state index in [0.29, 0.717) is 28.5 Å². The van der Waals surface area contributed by atoms with Crippen molar-refractivity contribution < 1.29 is 14.3 Å². The summed E-state index contributed by atoms with van der Waals surface area (Å²) >= 11 is 0. The maximum atomic E-state index is 12.2. The van der Waals surface area contributed by atoms with Gasteiger partial charge in [-0.1, -0.05) is 24.3 Å². The molecule has 7 nitrogen and oxygen atoms in total. The van der Waals surface area contributed by atoms with Gasteiger partial charge >= 0.3 is 0 Å². The van der Waals surface area contributed by atoms with Crippen LogP contribution in [0.15, 0.2) is 54.6 Å². The van der Waals surface area contributed by atoms with Crippen molar-refractivity contribution in [1.29, 1.82) is 0 Å². The van der Waals surface area contributed by atoms with Gasteiger partial charge in [0, 0.05) is 5.39 Å². The van der Waals surface area contributed by atoms with Crippen molar-refractivity contribution in [2.24, 2.45) is 5.84 Å². The van der Waals surface area contributed by atoms with Gasteiger partial charge in [0.1, 0.15) is 22.8 Å². The van der Waals surface area contributed by atoms with E-state index in [1.54, 1.807) is 31.4 Å². The number of carbonyl (C=O) groups excluding carboxylic acids is 1. The lowest BCUT2D eigenvalue weighted by Crippen LogP contribution is -2.20. The van der Waals surface area contributed by atoms with Crippen LogP contribution < -0.4 is 26.1 Å². The number of pyridine rings is 1. The molecular formula is C18H18N4O3. The number of hydrogen-bond donors (Lipinski definition) is 3. The maximum absolute atomic E-state index is 12.2. The Labute approximate surface area is 144 Å². The molecule has 3 aromatic rings. The Morgan fingerprint density at radius 2 is 1.88 bits per heavy atom. The Morgan fingerprint density at radius 1 is 1.08 bits per heavy atom. The van der Waals surface area contributed by atoms with Gasteiger partial charge in [0.05, 0.1) is 12.8 Å². The molecule has 0 spiro atoms. The highest BCUT2D eigenvalue weighted by atomic mass is 16.5. The zero-order valence-corrected chi connectivity index (χ0v) is 13.7. The van der Waals surface area contributed by atoms with Crippen LogP contribution in [-0.2, 0) is 4.79 Å². The molecule has 0 aliphatic carbocycles. The van der Waals surface area contributed by atoms with Crippen LogP contribution >= 0.6 is 0 Å². The van der Waals surface area contributed by atoms with Crippen molar-refractivity contribution in [3.63, 3.8) is 0 Å². The summed E-state index contributed by atoms with van der Waals surface area (Å²) < 4.78 is 10.9. The quantitative estimate of drug-likeness (QED) is 0.472. The fraction of sp³-hybridized carbons (Fsp3) is 0.111. The van der Waals surface area contributed by atoms with Crippen molar-refractivity contribution in [1.82, 2.24) is 4.98 Å². The fourth-order valence-electron chi connectivity index (χ4n) is 2.39. The Hall–Kier alpha value is -3.32. The van der Waals surface area contributed by atoms with E-state index in [1.165, 1.54) is 0 Å². The first-order valence-corrected chi connectivity index (χ1v) is 7.63. The van der Waals surface area contributed by atoms with E-state index in [0.717, 1.165) is 5.39 Å². The summed E-state index contributed by atoms with van der Waals surface area (Å²) in [6, 6.07) is 16.3. The number of anilines is 2. The molecule has 0 bridgehead atoms. The molecular weight excluding hydrogens is 320 g/mol. The monoisotopic (exact) mass is 338 g/mol. The Balaban J connectivity index is 1.73. The number of para-hydroxylation sites is 3. The van der Waals surface area contributed by atoms with Gasteiger partial charge < -0.3 is 20.2 Å². The van der Waals surface area contributed by atoms with Gasteiger partial charge in [-0.05, 0) is 30.3 Å². The minimum atomic E-state index is -0.297. The van der Waals surface area contributed by atoms with Crippen molar-refractivity contribution in [2.75, 3.05) is 24.5 Å². The minimum Gasteiger partial charge on any atom is -0.495 e. The number of nitrogens with one attached hydrogen (secondary N) is 2. The fourth-order valence-corrected chi connectivity index (χ4v) is 2.39. The number of hydrogen-bond acceptors (Lipinski definition) is 6. The number of fused-ring (bicyclic) bond motifs is 1. The van der Waals surface area contributed by atoms with Crippen LogP contribution in [0.25, 0.3) is 10.9 Å². The average Bonchev–Trinajstić information content (AvgIpc) is 2.66. The maximum Gasteiger partial charge on any atom is 0.262 e. The molecule has 0 saturated carbocycles. The van der Waals surface area contributed by atoms with Crippen LogP contribution in [-0.4, -0.2) is 24.6 Å². The second-order valence-corrected chi connectivity index (χ2v) is 5.21. The summed E-state index contributed by atoms with van der Waals surface area (Å²) in [5.74, 6) is 6.71. The Bertz CT molecular complexity index is 898. The molecule has 4 N–H and O–H groups in total. The summed E-state index contributed by atoms with van der Waals surface area (Å²) in [4.78, 5) is 16.5. The third kappa shape index (κ3) is 3.78. The number of ether oxygens (including phenoxy) is 2. The first-order chi connectivity index (χ1) is 12.2. The van der Waals surface area contributed by atoms with Gasteiger partial charge in [-0.25, -0.2) is 10.8 Å². The average molecular weight is 338 g/mol. The van der Waals surface area contributed by atoms with Gasteiger partial charge in [0.25, 0.3) is 5.91 Å². The molecule has 2 aromatic carbocycles. The number of aromatic nitrogens is 1. The second-order valence-electron chi connectivity index (χ2n) is 5.21. The Morgan fingerprint density at radius 3 is 2.68 bits per heavy atom. The number of nitrogens with zero attached hydrogens (tertiary/aromatic N) is 1. The molecule has 0 saturated heterocycles. The lowest BCUT2D eigenvalue weighted by Gasteiger charge is -2.12. The van der Waals surface area contributed by atoms with Crippen LogP contribution in [0.1, 0.15) is 0 Å². The summed E-state index contributed by atoms with van der Waals surface area (Å²) in [6.45, 7) is -0.154. The molecule has 1 aromatic heterocycles. The van der Waals surface area contributed by atoms with Crippen molar-refractivity contribution in [3.05, 3.63) is 54.6 Å². The standard InChI is InChI=1S/C18H18N4O3/c1-24-14-7-3-2-6-13(14)20-17(23)11-25-15-8-4-5-12-9-10-16(22-19)21-18(12)15/h2-10H,11,19H2,1H3,(H,20,23)(H,21,22). The number of nitrogen functional groups attached to an aromatic ring is 1. The van der Waals surface area contributed by atoms with Crippen molar-refractivity contribution >= 4 is 28.3 Å². The summed E-state index contributed by atoms with van der Waals surface area (Å²) in [5.41, 5.74) is 3.71. The molecule has 0 aliphatic heterocycles. The van der Waals surface area contributed by atoms with Gasteiger partial charge in [-0.3, -0.25) is 4.79 Å². The molecule has 1 heterocycles.